The molecule has 5 rings (SSSR count). The summed E-state index contributed by atoms with van der Waals surface area (Å²) in [7, 11) is -3.88. The number of carbonyl (C=O) groups is 1. The number of anilines is 2. The van der Waals surface area contributed by atoms with E-state index in [2.05, 4.69) is 36.2 Å². The molecule has 1 unspecified atom stereocenters. The predicted octanol–water partition coefficient (Wildman–Crippen LogP) is 4.42. The first-order valence-corrected chi connectivity index (χ1v) is 14.4. The summed E-state index contributed by atoms with van der Waals surface area (Å²) in [6, 6.07) is 11.3. The maximum Gasteiger partial charge on any atom is 0.471 e. The first-order chi connectivity index (χ1) is 18.8. The number of amides is 1. The molecule has 0 saturated carbocycles. The van der Waals surface area contributed by atoms with Gasteiger partial charge in [-0.15, -0.1) is 10.2 Å². The molecule has 0 radical (unpaired) electrons. The third-order valence-corrected chi connectivity index (χ3v) is 9.59. The molecular formula is C28H30F3N5O3S. The van der Waals surface area contributed by atoms with E-state index < -0.39 is 28.1 Å². The molecule has 1 saturated heterocycles. The molecule has 8 nitrogen and oxygen atoms in total. The van der Waals surface area contributed by atoms with E-state index in [0.29, 0.717) is 29.4 Å². The highest BCUT2D eigenvalue weighted by Gasteiger charge is 2.47. The van der Waals surface area contributed by atoms with Crippen molar-refractivity contribution in [2.75, 3.05) is 36.0 Å². The molecule has 0 N–H and O–H groups in total. The third kappa shape index (κ3) is 5.05. The fourth-order valence-corrected chi connectivity index (χ4v) is 6.87. The number of aromatic nitrogens is 2. The minimum absolute atomic E-state index is 0.00103. The average Bonchev–Trinajstić information content (AvgIpc) is 3.24. The highest BCUT2D eigenvalue weighted by atomic mass is 32.2. The van der Waals surface area contributed by atoms with Gasteiger partial charge in [0.15, 0.2) is 5.82 Å². The second-order valence-electron chi connectivity index (χ2n) is 10.4. The van der Waals surface area contributed by atoms with E-state index in [1.807, 2.05) is 24.0 Å². The Kier molecular flexibility index (Phi) is 7.11. The Labute approximate surface area is 231 Å². The predicted molar refractivity (Wildman–Crippen MR) is 146 cm³/mol. The number of nitrogens with zero attached hydrogens (tertiary/aromatic N) is 5. The zero-order valence-corrected chi connectivity index (χ0v) is 23.5. The summed E-state index contributed by atoms with van der Waals surface area (Å²) in [5.74, 6) is -1.30. The molecule has 1 atom stereocenters. The summed E-state index contributed by atoms with van der Waals surface area (Å²) in [6.07, 6.45) is -4.87. The number of benzene rings is 2. The summed E-state index contributed by atoms with van der Waals surface area (Å²) in [5, 5.41) is 8.82. The first kappa shape index (κ1) is 28.0. The van der Waals surface area contributed by atoms with Crippen molar-refractivity contribution < 1.29 is 26.4 Å². The number of hydrogen-bond acceptors (Lipinski definition) is 6. The third-order valence-electron chi connectivity index (χ3n) is 7.70. The quantitative estimate of drug-likeness (QED) is 0.460. The van der Waals surface area contributed by atoms with Crippen LogP contribution in [0.25, 0.3) is 11.3 Å². The van der Waals surface area contributed by atoms with Crippen LogP contribution < -0.4 is 9.80 Å². The second-order valence-corrected chi connectivity index (χ2v) is 12.4. The maximum absolute atomic E-state index is 13.4. The van der Waals surface area contributed by atoms with Gasteiger partial charge in [0.1, 0.15) is 0 Å². The van der Waals surface area contributed by atoms with Gasteiger partial charge in [-0.2, -0.15) is 17.5 Å². The van der Waals surface area contributed by atoms with Gasteiger partial charge in [-0.25, -0.2) is 8.42 Å². The lowest BCUT2D eigenvalue weighted by Gasteiger charge is -2.34. The van der Waals surface area contributed by atoms with Crippen LogP contribution in [0.15, 0.2) is 47.4 Å². The van der Waals surface area contributed by atoms with Crippen LogP contribution in [-0.4, -0.2) is 67.2 Å². The van der Waals surface area contributed by atoms with Gasteiger partial charge in [0.2, 0.25) is 10.0 Å². The van der Waals surface area contributed by atoms with Crippen LogP contribution in [0.5, 0.6) is 0 Å². The minimum Gasteiger partial charge on any atom is -0.352 e. The Hall–Kier alpha value is -3.51. The van der Waals surface area contributed by atoms with Crippen molar-refractivity contribution in [1.82, 2.24) is 14.5 Å². The van der Waals surface area contributed by atoms with E-state index in [0.717, 1.165) is 16.8 Å². The molecule has 0 spiro atoms. The van der Waals surface area contributed by atoms with E-state index >= 15 is 0 Å². The summed E-state index contributed by atoms with van der Waals surface area (Å²) in [5.41, 5.74) is 5.79. The van der Waals surface area contributed by atoms with Crippen LogP contribution in [0.2, 0.25) is 0 Å². The van der Waals surface area contributed by atoms with E-state index in [1.165, 1.54) is 40.6 Å². The first-order valence-electron chi connectivity index (χ1n) is 13.0. The number of alkyl halides is 3. The van der Waals surface area contributed by atoms with Crippen molar-refractivity contribution in [2.45, 2.75) is 51.2 Å². The Balaban J connectivity index is 1.28. The topological polar surface area (TPSA) is 86.7 Å². The average molecular weight is 574 g/mol. The van der Waals surface area contributed by atoms with Gasteiger partial charge < -0.3 is 9.80 Å². The molecule has 0 aliphatic carbocycles. The molecule has 0 bridgehead atoms. The van der Waals surface area contributed by atoms with Gasteiger partial charge in [-0.3, -0.25) is 4.79 Å². The summed E-state index contributed by atoms with van der Waals surface area (Å²) in [6.45, 7) is 8.92. The molecule has 1 amide bonds. The molecular weight excluding hydrogens is 543 g/mol. The van der Waals surface area contributed by atoms with Gasteiger partial charge in [-0.1, -0.05) is 6.07 Å². The van der Waals surface area contributed by atoms with E-state index in [-0.39, 0.29) is 30.1 Å². The van der Waals surface area contributed by atoms with Gasteiger partial charge in [0.25, 0.3) is 0 Å². The number of aryl methyl sites for hydroxylation is 3. The zero-order chi connectivity index (χ0) is 29.0. The Morgan fingerprint density at radius 1 is 0.900 bits per heavy atom. The SMILES string of the molecule is Cc1cc(C)c(-c2ccc(N3CCN(S(=O)(=O)c4ccc5c(c4)CC(C)N5C(=O)C(F)(F)F)CC3)nn2)cc1C. The number of carbonyl (C=O) groups excluding carboxylic acids is 1. The van der Waals surface area contributed by atoms with Crippen LogP contribution in [0.3, 0.4) is 0 Å². The highest BCUT2D eigenvalue weighted by Crippen LogP contribution is 2.37. The summed E-state index contributed by atoms with van der Waals surface area (Å²) >= 11 is 0. The van der Waals surface area contributed by atoms with Crippen LogP contribution in [0.1, 0.15) is 29.2 Å². The standard InChI is InChI=1S/C28H30F3N5O3S/c1-17-13-19(3)23(14-18(17)2)24-6-8-26(33-32-24)34-9-11-35(12-10-34)40(38,39)22-5-7-25-21(16-22)15-20(4)36(25)27(37)28(29,30)31/h5-8,13-14,16,20H,9-12,15H2,1-4H3. The molecule has 2 aromatic carbocycles. The normalized spacial score (nSPS) is 18.2. The molecule has 2 aliphatic rings. The fourth-order valence-electron chi connectivity index (χ4n) is 5.39. The summed E-state index contributed by atoms with van der Waals surface area (Å²) < 4.78 is 67.4. The van der Waals surface area contributed by atoms with Crippen LogP contribution >= 0.6 is 0 Å². The summed E-state index contributed by atoms with van der Waals surface area (Å²) in [4.78, 5) is 14.6. The molecule has 2 aliphatic heterocycles. The molecule has 1 fully saturated rings. The van der Waals surface area contributed by atoms with E-state index in [4.69, 9.17) is 0 Å². The van der Waals surface area contributed by atoms with Crippen LogP contribution in [0, 0.1) is 20.8 Å². The number of rotatable bonds is 4. The largest absolute Gasteiger partial charge is 0.471 e. The lowest BCUT2D eigenvalue weighted by molar-refractivity contribution is -0.170. The maximum atomic E-state index is 13.4. The zero-order valence-electron chi connectivity index (χ0n) is 22.7. The van der Waals surface area contributed by atoms with Crippen LogP contribution in [-0.2, 0) is 21.2 Å². The van der Waals surface area contributed by atoms with Crippen molar-refractivity contribution in [3.8, 4) is 11.3 Å². The molecule has 12 heteroatoms. The number of sulfonamides is 1. The Bertz CT molecular complexity index is 1570. The van der Waals surface area contributed by atoms with E-state index in [9.17, 15) is 26.4 Å². The van der Waals surface area contributed by atoms with Crippen molar-refractivity contribution in [3.63, 3.8) is 0 Å². The van der Waals surface area contributed by atoms with Gasteiger partial charge in [0, 0.05) is 43.5 Å². The van der Waals surface area contributed by atoms with Crippen molar-refractivity contribution >= 4 is 27.4 Å². The molecule has 212 valence electrons. The highest BCUT2D eigenvalue weighted by molar-refractivity contribution is 7.89. The minimum atomic E-state index is -5.01. The van der Waals surface area contributed by atoms with Crippen LogP contribution in [0.4, 0.5) is 24.7 Å². The van der Waals surface area contributed by atoms with Crippen molar-refractivity contribution in [3.05, 3.63) is 64.7 Å². The van der Waals surface area contributed by atoms with Crippen molar-refractivity contribution in [1.29, 1.82) is 0 Å². The van der Waals surface area contributed by atoms with Gasteiger partial charge in [-0.05, 0) is 92.8 Å². The van der Waals surface area contributed by atoms with Gasteiger partial charge >= 0.3 is 12.1 Å². The van der Waals surface area contributed by atoms with Gasteiger partial charge in [0.05, 0.1) is 10.6 Å². The number of hydrogen-bond donors (Lipinski definition) is 0. The second kappa shape index (κ2) is 10.2. The Morgan fingerprint density at radius 3 is 2.20 bits per heavy atom. The number of piperazine rings is 1. The smallest absolute Gasteiger partial charge is 0.352 e. The fraction of sp³-hybridized carbons (Fsp3) is 0.393. The molecule has 3 heterocycles. The van der Waals surface area contributed by atoms with Crippen molar-refractivity contribution in [2.24, 2.45) is 0 Å². The molecule has 3 aromatic rings. The van der Waals surface area contributed by atoms with E-state index in [1.54, 1.807) is 0 Å². The number of fused-ring (bicyclic) bond motifs is 1. The molecule has 40 heavy (non-hydrogen) atoms. The lowest BCUT2D eigenvalue weighted by Crippen LogP contribution is -2.49. The molecule has 1 aromatic heterocycles. The number of halogens is 3. The lowest BCUT2D eigenvalue weighted by atomic mass is 9.99. The Morgan fingerprint density at radius 2 is 1.57 bits per heavy atom. The monoisotopic (exact) mass is 573 g/mol.